The first kappa shape index (κ1) is 16.2. The molecular weight excluding hydrogens is 318 g/mol. The molecule has 0 aliphatic carbocycles. The molecule has 3 heterocycles. The summed E-state index contributed by atoms with van der Waals surface area (Å²) >= 11 is 0. The molecule has 2 aromatic rings. The molecular formula is C18H23N5O2. The van der Waals surface area contributed by atoms with Crippen molar-refractivity contribution >= 4 is 11.6 Å². The molecule has 132 valence electrons. The molecule has 1 fully saturated rings. The number of aryl methyl sites for hydroxylation is 1. The molecule has 1 amide bonds. The predicted octanol–water partition coefficient (Wildman–Crippen LogP) is 0.694. The van der Waals surface area contributed by atoms with Gasteiger partial charge in [0.05, 0.1) is 24.9 Å². The Hall–Kier alpha value is -2.25. The van der Waals surface area contributed by atoms with E-state index in [2.05, 4.69) is 16.4 Å². The average molecular weight is 341 g/mol. The van der Waals surface area contributed by atoms with Gasteiger partial charge in [0, 0.05) is 31.5 Å². The first-order valence-electron chi connectivity index (χ1n) is 8.80. The number of amides is 1. The Morgan fingerprint density at radius 2 is 2.16 bits per heavy atom. The maximum atomic E-state index is 12.8. The van der Waals surface area contributed by atoms with Crippen molar-refractivity contribution in [1.82, 2.24) is 19.9 Å². The van der Waals surface area contributed by atoms with E-state index in [1.54, 1.807) is 17.1 Å². The van der Waals surface area contributed by atoms with Gasteiger partial charge in [-0.1, -0.05) is 23.4 Å². The topological polar surface area (TPSA) is 74.5 Å². The van der Waals surface area contributed by atoms with Gasteiger partial charge in [-0.2, -0.15) is 0 Å². The van der Waals surface area contributed by atoms with Crippen molar-refractivity contribution in [1.29, 1.82) is 0 Å². The molecule has 2 aliphatic rings. The van der Waals surface area contributed by atoms with E-state index in [1.165, 1.54) is 5.56 Å². The molecule has 4 rings (SSSR count). The predicted molar refractivity (Wildman–Crippen MR) is 93.1 cm³/mol. The van der Waals surface area contributed by atoms with Crippen molar-refractivity contribution in [2.75, 3.05) is 31.1 Å². The summed E-state index contributed by atoms with van der Waals surface area (Å²) < 4.78 is 1.65. The number of para-hydroxylation sites is 1. The number of aliphatic hydroxyl groups is 1. The Balaban J connectivity index is 1.39. The van der Waals surface area contributed by atoms with E-state index in [-0.39, 0.29) is 5.91 Å². The number of rotatable bonds is 4. The molecule has 7 heteroatoms. The van der Waals surface area contributed by atoms with Gasteiger partial charge in [-0.25, -0.2) is 4.68 Å². The van der Waals surface area contributed by atoms with Gasteiger partial charge in [-0.05, 0) is 30.9 Å². The lowest BCUT2D eigenvalue weighted by Gasteiger charge is -2.31. The maximum absolute atomic E-state index is 12.8. The average Bonchev–Trinajstić information content (AvgIpc) is 3.24. The summed E-state index contributed by atoms with van der Waals surface area (Å²) in [6.07, 6.45) is 6.01. The second kappa shape index (κ2) is 6.57. The lowest BCUT2D eigenvalue weighted by molar-refractivity contribution is -0.119. The number of anilines is 1. The molecule has 2 aliphatic heterocycles. The number of fused-ring (bicyclic) bond motifs is 1. The van der Waals surface area contributed by atoms with Gasteiger partial charge in [0.15, 0.2) is 0 Å². The Bertz CT molecular complexity index is 748. The van der Waals surface area contributed by atoms with Crippen LogP contribution in [0.5, 0.6) is 0 Å². The highest BCUT2D eigenvalue weighted by Gasteiger charge is 2.38. The minimum atomic E-state index is -0.853. The monoisotopic (exact) mass is 341 g/mol. The Kier molecular flexibility index (Phi) is 4.27. The van der Waals surface area contributed by atoms with Gasteiger partial charge in [0.25, 0.3) is 0 Å². The number of aromatic nitrogens is 3. The van der Waals surface area contributed by atoms with Crippen LogP contribution < -0.4 is 4.90 Å². The molecule has 0 spiro atoms. The largest absolute Gasteiger partial charge is 0.387 e. The first-order chi connectivity index (χ1) is 12.1. The fraction of sp³-hybridized carbons (Fsp3) is 0.500. The standard InChI is InChI=1S/C18H23N5O2/c24-17(23-9-3-5-15-4-1-2-6-16(15)23)12-21-10-7-18(25,13-21)14-22-11-8-19-20-22/h1-2,4,6,8,11,25H,3,5,7,9-10,12-14H2. The van der Waals surface area contributed by atoms with Gasteiger partial charge in [-0.15, -0.1) is 5.10 Å². The Labute approximate surface area is 146 Å². The number of carbonyl (C=O) groups is 1. The highest BCUT2D eigenvalue weighted by molar-refractivity contribution is 5.96. The van der Waals surface area contributed by atoms with Crippen molar-refractivity contribution in [3.8, 4) is 0 Å². The Morgan fingerprint density at radius 3 is 3.00 bits per heavy atom. The van der Waals surface area contributed by atoms with Crippen LogP contribution >= 0.6 is 0 Å². The zero-order valence-electron chi connectivity index (χ0n) is 14.2. The van der Waals surface area contributed by atoms with Gasteiger partial charge in [0.1, 0.15) is 0 Å². The minimum Gasteiger partial charge on any atom is -0.387 e. The summed E-state index contributed by atoms with van der Waals surface area (Å²) in [4.78, 5) is 16.8. The third-order valence-corrected chi connectivity index (χ3v) is 5.11. The van der Waals surface area contributed by atoms with Crippen LogP contribution in [-0.2, 0) is 17.8 Å². The molecule has 0 radical (unpaired) electrons. The third kappa shape index (κ3) is 3.43. The molecule has 1 unspecified atom stereocenters. The molecule has 1 saturated heterocycles. The van der Waals surface area contributed by atoms with Crippen molar-refractivity contribution in [3.63, 3.8) is 0 Å². The van der Waals surface area contributed by atoms with Gasteiger partial charge < -0.3 is 10.0 Å². The number of nitrogens with zero attached hydrogens (tertiary/aromatic N) is 5. The summed E-state index contributed by atoms with van der Waals surface area (Å²) in [5.74, 6) is 0.108. The van der Waals surface area contributed by atoms with Gasteiger partial charge >= 0.3 is 0 Å². The summed E-state index contributed by atoms with van der Waals surface area (Å²) in [7, 11) is 0. The van der Waals surface area contributed by atoms with Crippen LogP contribution in [0, 0.1) is 0 Å². The quantitative estimate of drug-likeness (QED) is 0.886. The number of hydrogen-bond acceptors (Lipinski definition) is 5. The summed E-state index contributed by atoms with van der Waals surface area (Å²) in [6.45, 7) is 2.71. The van der Waals surface area contributed by atoms with Crippen LogP contribution in [0.1, 0.15) is 18.4 Å². The van der Waals surface area contributed by atoms with Crippen LogP contribution in [0.15, 0.2) is 36.7 Å². The molecule has 1 aromatic carbocycles. The molecule has 7 nitrogen and oxygen atoms in total. The lowest BCUT2D eigenvalue weighted by Crippen LogP contribution is -2.44. The van der Waals surface area contributed by atoms with E-state index >= 15 is 0 Å². The fourth-order valence-electron chi connectivity index (χ4n) is 3.89. The highest BCUT2D eigenvalue weighted by Crippen LogP contribution is 2.28. The second-order valence-corrected chi connectivity index (χ2v) is 7.06. The third-order valence-electron chi connectivity index (χ3n) is 5.11. The number of benzene rings is 1. The van der Waals surface area contributed by atoms with E-state index in [1.807, 2.05) is 28.0 Å². The highest BCUT2D eigenvalue weighted by atomic mass is 16.3. The normalized spacial score (nSPS) is 23.6. The van der Waals surface area contributed by atoms with Crippen LogP contribution in [0.3, 0.4) is 0 Å². The number of carbonyl (C=O) groups excluding carboxylic acids is 1. The molecule has 0 bridgehead atoms. The number of hydrogen-bond donors (Lipinski definition) is 1. The van der Waals surface area contributed by atoms with Crippen LogP contribution in [-0.4, -0.2) is 62.7 Å². The fourth-order valence-corrected chi connectivity index (χ4v) is 3.89. The summed E-state index contributed by atoms with van der Waals surface area (Å²) in [5.41, 5.74) is 1.43. The van der Waals surface area contributed by atoms with Gasteiger partial charge in [0.2, 0.25) is 5.91 Å². The molecule has 0 saturated carbocycles. The van der Waals surface area contributed by atoms with Gasteiger partial charge in [-0.3, -0.25) is 9.69 Å². The molecule has 1 atom stereocenters. The SMILES string of the molecule is O=C(CN1CCC(O)(Cn2ccnn2)C1)N1CCCc2ccccc21. The van der Waals surface area contributed by atoms with Crippen LogP contribution in [0.25, 0.3) is 0 Å². The van der Waals surface area contributed by atoms with E-state index in [4.69, 9.17) is 0 Å². The van der Waals surface area contributed by atoms with Crippen LogP contribution in [0.4, 0.5) is 5.69 Å². The van der Waals surface area contributed by atoms with E-state index in [0.29, 0.717) is 32.6 Å². The zero-order chi connectivity index (χ0) is 17.3. The van der Waals surface area contributed by atoms with Crippen molar-refractivity contribution in [3.05, 3.63) is 42.2 Å². The first-order valence-corrected chi connectivity index (χ1v) is 8.80. The second-order valence-electron chi connectivity index (χ2n) is 7.06. The zero-order valence-corrected chi connectivity index (χ0v) is 14.2. The number of likely N-dealkylation sites (tertiary alicyclic amines) is 1. The van der Waals surface area contributed by atoms with E-state index < -0.39 is 5.60 Å². The molecule has 1 aromatic heterocycles. The van der Waals surface area contributed by atoms with E-state index in [0.717, 1.165) is 25.1 Å². The lowest BCUT2D eigenvalue weighted by atomic mass is 10.0. The maximum Gasteiger partial charge on any atom is 0.241 e. The molecule has 25 heavy (non-hydrogen) atoms. The van der Waals surface area contributed by atoms with Crippen LogP contribution in [0.2, 0.25) is 0 Å². The van der Waals surface area contributed by atoms with Crippen molar-refractivity contribution < 1.29 is 9.90 Å². The summed E-state index contributed by atoms with van der Waals surface area (Å²) in [6, 6.07) is 8.13. The minimum absolute atomic E-state index is 0.108. The Morgan fingerprint density at radius 1 is 1.28 bits per heavy atom. The van der Waals surface area contributed by atoms with Crippen molar-refractivity contribution in [2.24, 2.45) is 0 Å². The smallest absolute Gasteiger partial charge is 0.241 e. The summed E-state index contributed by atoms with van der Waals surface area (Å²) in [5, 5.41) is 18.5. The number of β-amino-alcohol motifs (C(OH)–C–C–N with tert-alkyl or cyclic N) is 1. The van der Waals surface area contributed by atoms with E-state index in [9.17, 15) is 9.90 Å². The molecule has 1 N–H and O–H groups in total. The van der Waals surface area contributed by atoms with Crippen molar-refractivity contribution in [2.45, 2.75) is 31.4 Å².